The number of esters is 1. The Hall–Kier alpha value is -2.83. The van der Waals surface area contributed by atoms with Crippen LogP contribution in [-0.2, 0) is 20.9 Å². The van der Waals surface area contributed by atoms with Gasteiger partial charge in [-0.2, -0.15) is 0 Å². The van der Waals surface area contributed by atoms with Crippen molar-refractivity contribution in [2.24, 2.45) is 5.73 Å². The molecule has 0 aliphatic rings. The minimum atomic E-state index is -0.602. The number of hydrogen-bond donors (Lipinski definition) is 1. The van der Waals surface area contributed by atoms with E-state index in [9.17, 15) is 14.4 Å². The van der Waals surface area contributed by atoms with Gasteiger partial charge in [-0.3, -0.25) is 9.59 Å². The fraction of sp³-hybridized carbons (Fsp3) is 0.214. The van der Waals surface area contributed by atoms with Crippen molar-refractivity contribution in [2.45, 2.75) is 6.54 Å². The molecule has 2 aromatic rings. The van der Waals surface area contributed by atoms with Crippen LogP contribution in [0.2, 0.25) is 0 Å². The monoisotopic (exact) mass is 290 g/mol. The Morgan fingerprint density at radius 1 is 1.24 bits per heavy atom. The number of rotatable bonds is 5. The maximum Gasteiger partial charge on any atom is 0.343 e. The number of carbonyl (C=O) groups is 2. The molecule has 0 saturated heterocycles. The van der Waals surface area contributed by atoms with Crippen LogP contribution >= 0.6 is 0 Å². The van der Waals surface area contributed by atoms with Gasteiger partial charge in [0, 0.05) is 11.6 Å². The molecule has 0 saturated carbocycles. The Labute approximate surface area is 119 Å². The molecule has 110 valence electrons. The van der Waals surface area contributed by atoms with Gasteiger partial charge in [-0.05, 0) is 18.2 Å². The van der Waals surface area contributed by atoms with Crippen LogP contribution in [-0.4, -0.2) is 30.2 Å². The molecule has 0 atom stereocenters. The van der Waals surface area contributed by atoms with Gasteiger partial charge >= 0.3 is 5.97 Å². The van der Waals surface area contributed by atoms with Crippen molar-refractivity contribution >= 4 is 22.6 Å². The van der Waals surface area contributed by atoms with E-state index in [0.29, 0.717) is 16.5 Å². The standard InChI is InChI=1S/C14H14N2O5/c1-20-13(18)8-21-11-4-2-3-10-9(11)5-6-16(14(10)19)7-12(15)17/h2-6H,7-8H2,1H3,(H2,15,17). The van der Waals surface area contributed by atoms with Gasteiger partial charge in [0.05, 0.1) is 12.5 Å². The van der Waals surface area contributed by atoms with Gasteiger partial charge in [-0.15, -0.1) is 0 Å². The number of fused-ring (bicyclic) bond motifs is 1. The highest BCUT2D eigenvalue weighted by Gasteiger charge is 2.10. The fourth-order valence-electron chi connectivity index (χ4n) is 1.90. The Balaban J connectivity index is 2.42. The summed E-state index contributed by atoms with van der Waals surface area (Å²) in [7, 11) is 1.26. The molecule has 0 aliphatic carbocycles. The number of nitrogens with two attached hydrogens (primary N) is 1. The number of pyridine rings is 1. The number of amides is 1. The molecule has 0 bridgehead atoms. The van der Waals surface area contributed by atoms with Gasteiger partial charge in [-0.1, -0.05) is 6.07 Å². The molecule has 21 heavy (non-hydrogen) atoms. The predicted octanol–water partition coefficient (Wildman–Crippen LogP) is 0.0386. The van der Waals surface area contributed by atoms with Crippen LogP contribution in [0.15, 0.2) is 35.3 Å². The van der Waals surface area contributed by atoms with E-state index in [4.69, 9.17) is 10.5 Å². The third-order valence-corrected chi connectivity index (χ3v) is 2.88. The van der Waals surface area contributed by atoms with E-state index in [2.05, 4.69) is 4.74 Å². The van der Waals surface area contributed by atoms with Crippen molar-refractivity contribution in [3.63, 3.8) is 0 Å². The predicted molar refractivity (Wildman–Crippen MR) is 74.9 cm³/mol. The summed E-state index contributed by atoms with van der Waals surface area (Å²) in [4.78, 5) is 34.2. The SMILES string of the molecule is COC(=O)COc1cccc2c(=O)n(CC(N)=O)ccc12. The van der Waals surface area contributed by atoms with E-state index in [-0.39, 0.29) is 18.7 Å². The molecule has 1 aromatic carbocycles. The number of nitrogens with zero attached hydrogens (tertiary/aromatic N) is 1. The van der Waals surface area contributed by atoms with Gasteiger partial charge in [0.2, 0.25) is 5.91 Å². The zero-order chi connectivity index (χ0) is 15.4. The maximum atomic E-state index is 12.2. The topological polar surface area (TPSA) is 101 Å². The smallest absolute Gasteiger partial charge is 0.343 e. The largest absolute Gasteiger partial charge is 0.481 e. The van der Waals surface area contributed by atoms with Crippen LogP contribution in [0.3, 0.4) is 0 Å². The second-order valence-corrected chi connectivity index (χ2v) is 4.30. The number of carbonyl (C=O) groups excluding carboxylic acids is 2. The molecule has 0 spiro atoms. The van der Waals surface area contributed by atoms with Gasteiger partial charge in [0.15, 0.2) is 6.61 Å². The first kappa shape index (κ1) is 14.6. The van der Waals surface area contributed by atoms with Crippen molar-refractivity contribution in [1.82, 2.24) is 4.57 Å². The van der Waals surface area contributed by atoms with Crippen LogP contribution in [0, 0.1) is 0 Å². The number of hydrogen-bond acceptors (Lipinski definition) is 5. The van der Waals surface area contributed by atoms with Crippen molar-refractivity contribution in [2.75, 3.05) is 13.7 Å². The van der Waals surface area contributed by atoms with Crippen molar-refractivity contribution < 1.29 is 19.1 Å². The lowest BCUT2D eigenvalue weighted by Crippen LogP contribution is -2.27. The molecular formula is C14H14N2O5. The highest BCUT2D eigenvalue weighted by atomic mass is 16.6. The van der Waals surface area contributed by atoms with Gasteiger partial charge in [0.1, 0.15) is 12.3 Å². The average molecular weight is 290 g/mol. The Bertz CT molecular complexity index is 751. The average Bonchev–Trinajstić information content (AvgIpc) is 2.47. The second kappa shape index (κ2) is 6.08. The fourth-order valence-corrected chi connectivity index (χ4v) is 1.90. The number of primary amides is 1. The van der Waals surface area contributed by atoms with Crippen molar-refractivity contribution in [3.05, 3.63) is 40.8 Å². The zero-order valence-corrected chi connectivity index (χ0v) is 11.4. The molecule has 0 radical (unpaired) electrons. The summed E-state index contributed by atoms with van der Waals surface area (Å²) in [6.07, 6.45) is 1.46. The molecule has 0 unspecified atom stereocenters. The first-order valence-electron chi connectivity index (χ1n) is 6.13. The highest BCUT2D eigenvalue weighted by molar-refractivity contribution is 5.88. The number of ether oxygens (including phenoxy) is 2. The lowest BCUT2D eigenvalue weighted by atomic mass is 10.1. The maximum absolute atomic E-state index is 12.2. The molecule has 7 heteroatoms. The molecule has 1 aromatic heterocycles. The Morgan fingerprint density at radius 2 is 2.00 bits per heavy atom. The number of aromatic nitrogens is 1. The molecule has 2 N–H and O–H groups in total. The van der Waals surface area contributed by atoms with E-state index in [1.54, 1.807) is 24.3 Å². The van der Waals surface area contributed by atoms with Gasteiger partial charge in [-0.25, -0.2) is 4.79 Å². The minimum Gasteiger partial charge on any atom is -0.481 e. The van der Waals surface area contributed by atoms with Crippen LogP contribution in [0.5, 0.6) is 5.75 Å². The van der Waals surface area contributed by atoms with E-state index >= 15 is 0 Å². The normalized spacial score (nSPS) is 10.3. The third kappa shape index (κ3) is 3.19. The summed E-state index contributed by atoms with van der Waals surface area (Å²) in [6.45, 7) is -0.442. The summed E-state index contributed by atoms with van der Waals surface area (Å²) in [5.41, 5.74) is 4.74. The summed E-state index contributed by atoms with van der Waals surface area (Å²) in [5.74, 6) is -0.732. The molecular weight excluding hydrogens is 276 g/mol. The molecule has 7 nitrogen and oxygen atoms in total. The Kier molecular flexibility index (Phi) is 4.22. The van der Waals surface area contributed by atoms with Gasteiger partial charge in [0.25, 0.3) is 5.56 Å². The summed E-state index contributed by atoms with van der Waals surface area (Å²) in [5, 5.41) is 0.924. The van der Waals surface area contributed by atoms with E-state index < -0.39 is 11.9 Å². The van der Waals surface area contributed by atoms with Crippen molar-refractivity contribution in [3.8, 4) is 5.75 Å². The van der Waals surface area contributed by atoms with Gasteiger partial charge < -0.3 is 19.8 Å². The second-order valence-electron chi connectivity index (χ2n) is 4.30. The Morgan fingerprint density at radius 3 is 2.67 bits per heavy atom. The first-order valence-corrected chi connectivity index (χ1v) is 6.13. The summed E-state index contributed by atoms with van der Waals surface area (Å²) < 4.78 is 11.0. The van der Waals surface area contributed by atoms with Crippen molar-refractivity contribution in [1.29, 1.82) is 0 Å². The number of methoxy groups -OCH3 is 1. The van der Waals surface area contributed by atoms with Crippen LogP contribution < -0.4 is 16.0 Å². The third-order valence-electron chi connectivity index (χ3n) is 2.88. The molecule has 2 rings (SSSR count). The van der Waals surface area contributed by atoms with E-state index in [1.165, 1.54) is 17.9 Å². The highest BCUT2D eigenvalue weighted by Crippen LogP contribution is 2.23. The summed E-state index contributed by atoms with van der Waals surface area (Å²) in [6, 6.07) is 6.51. The molecule has 1 amide bonds. The molecule has 0 fully saturated rings. The minimum absolute atomic E-state index is 0.192. The van der Waals surface area contributed by atoms with Crippen LogP contribution in [0.25, 0.3) is 10.8 Å². The summed E-state index contributed by atoms with van der Waals surface area (Å²) >= 11 is 0. The lowest BCUT2D eigenvalue weighted by Gasteiger charge is -2.10. The lowest BCUT2D eigenvalue weighted by molar-refractivity contribution is -0.142. The van der Waals surface area contributed by atoms with E-state index in [0.717, 1.165) is 0 Å². The number of benzene rings is 1. The van der Waals surface area contributed by atoms with Crippen LogP contribution in [0.1, 0.15) is 0 Å². The first-order chi connectivity index (χ1) is 10.0. The quantitative estimate of drug-likeness (QED) is 0.783. The van der Waals surface area contributed by atoms with E-state index in [1.807, 2.05) is 0 Å². The van der Waals surface area contributed by atoms with Crippen LogP contribution in [0.4, 0.5) is 0 Å². The molecule has 0 aliphatic heterocycles. The molecule has 1 heterocycles. The zero-order valence-electron chi connectivity index (χ0n) is 11.4.